The molecule has 0 radical (unpaired) electrons. The first-order chi connectivity index (χ1) is 15.5. The number of benzene rings is 1. The third-order valence-electron chi connectivity index (χ3n) is 7.53. The van der Waals surface area contributed by atoms with Crippen LogP contribution in [-0.4, -0.2) is 67.5 Å². The SMILES string of the molecule is CCOC(=O)C12C[C@H](CCCCO)CN(CCc3c1[nH]c1cc(OC)c(OC)cc31)C2C. The lowest BCUT2D eigenvalue weighted by Crippen LogP contribution is -2.59. The van der Waals surface area contributed by atoms with E-state index in [1.807, 2.05) is 19.1 Å². The third-order valence-corrected chi connectivity index (χ3v) is 7.53. The van der Waals surface area contributed by atoms with Gasteiger partial charge in [0.05, 0.1) is 20.8 Å². The van der Waals surface area contributed by atoms with E-state index in [9.17, 15) is 9.90 Å². The first-order valence-corrected chi connectivity index (χ1v) is 11.8. The minimum absolute atomic E-state index is 0.0359. The van der Waals surface area contributed by atoms with E-state index < -0.39 is 5.41 Å². The Morgan fingerprint density at radius 3 is 2.69 bits per heavy atom. The van der Waals surface area contributed by atoms with Crippen LogP contribution in [0.2, 0.25) is 0 Å². The summed E-state index contributed by atoms with van der Waals surface area (Å²) in [7, 11) is 3.28. The Kier molecular flexibility index (Phi) is 6.67. The molecule has 0 amide bonds. The number of aromatic nitrogens is 1. The predicted octanol–water partition coefficient (Wildman–Crippen LogP) is 3.42. The molecule has 2 N–H and O–H groups in total. The summed E-state index contributed by atoms with van der Waals surface area (Å²) in [5.74, 6) is 1.60. The Hall–Kier alpha value is -2.25. The molecule has 3 heterocycles. The number of unbranched alkanes of at least 4 members (excludes halogenated alkanes) is 1. The summed E-state index contributed by atoms with van der Waals surface area (Å²) in [6.07, 6.45) is 4.39. The summed E-state index contributed by atoms with van der Waals surface area (Å²) >= 11 is 0. The number of aliphatic hydroxyl groups is 1. The second-order valence-electron chi connectivity index (χ2n) is 9.13. The minimum atomic E-state index is -0.747. The molecule has 1 saturated heterocycles. The molecule has 0 saturated carbocycles. The predicted molar refractivity (Wildman–Crippen MR) is 123 cm³/mol. The van der Waals surface area contributed by atoms with E-state index in [1.54, 1.807) is 14.2 Å². The van der Waals surface area contributed by atoms with Gasteiger partial charge in [0, 0.05) is 48.4 Å². The molecule has 1 aromatic heterocycles. The normalized spacial score (nSPS) is 27.0. The van der Waals surface area contributed by atoms with Crippen molar-refractivity contribution in [3.05, 3.63) is 23.4 Å². The number of methoxy groups -OCH3 is 2. The van der Waals surface area contributed by atoms with E-state index in [-0.39, 0.29) is 18.6 Å². The van der Waals surface area contributed by atoms with Gasteiger partial charge >= 0.3 is 5.97 Å². The standard InChI is InChI=1S/C25H36N2O5/c1-5-32-24(29)25-14-17(8-6-7-11-28)15-27(16(25)2)10-9-18-19-12-21(30-3)22(31-4)13-20(19)26-23(18)25/h12-13,16-17,26,28H,5-11,14-15H2,1-4H3/t16?,17-,25?/m0/s1. The maximum Gasteiger partial charge on any atom is 0.319 e. The van der Waals surface area contributed by atoms with Gasteiger partial charge in [0.25, 0.3) is 0 Å². The molecule has 2 bridgehead atoms. The molecule has 7 heteroatoms. The molecule has 0 spiro atoms. The van der Waals surface area contributed by atoms with Gasteiger partial charge in [-0.2, -0.15) is 0 Å². The molecular weight excluding hydrogens is 408 g/mol. The molecule has 2 aliphatic rings. The second kappa shape index (κ2) is 9.32. The van der Waals surface area contributed by atoms with Crippen LogP contribution >= 0.6 is 0 Å². The van der Waals surface area contributed by atoms with Gasteiger partial charge in [0.2, 0.25) is 0 Å². The van der Waals surface area contributed by atoms with Crippen molar-refractivity contribution in [2.24, 2.45) is 5.92 Å². The molecule has 0 aliphatic carbocycles. The van der Waals surface area contributed by atoms with E-state index in [0.29, 0.717) is 24.0 Å². The van der Waals surface area contributed by atoms with Crippen molar-refractivity contribution < 1.29 is 24.1 Å². The molecule has 1 aromatic carbocycles. The Morgan fingerprint density at radius 1 is 1.25 bits per heavy atom. The van der Waals surface area contributed by atoms with Crippen LogP contribution in [0.25, 0.3) is 10.9 Å². The van der Waals surface area contributed by atoms with Gasteiger partial charge in [-0.05, 0) is 57.1 Å². The number of aliphatic hydroxyl groups excluding tert-OH is 1. The number of nitrogens with one attached hydrogen (secondary N) is 1. The largest absolute Gasteiger partial charge is 0.493 e. The lowest BCUT2D eigenvalue weighted by Gasteiger charge is -2.48. The molecule has 2 aliphatic heterocycles. The topological polar surface area (TPSA) is 84.0 Å². The quantitative estimate of drug-likeness (QED) is 0.480. The molecular formula is C25H36N2O5. The molecule has 3 unspecified atom stereocenters. The molecule has 176 valence electrons. The molecule has 7 nitrogen and oxygen atoms in total. The highest BCUT2D eigenvalue weighted by Crippen LogP contribution is 2.49. The lowest BCUT2D eigenvalue weighted by molar-refractivity contribution is -0.157. The van der Waals surface area contributed by atoms with Gasteiger partial charge in [-0.3, -0.25) is 9.69 Å². The Balaban J connectivity index is 1.88. The van der Waals surface area contributed by atoms with Crippen molar-refractivity contribution in [2.45, 2.75) is 57.4 Å². The average molecular weight is 445 g/mol. The minimum Gasteiger partial charge on any atom is -0.493 e. The number of fused-ring (bicyclic) bond motifs is 6. The number of H-pyrrole nitrogens is 1. The number of hydrogen-bond acceptors (Lipinski definition) is 6. The fourth-order valence-electron chi connectivity index (χ4n) is 5.91. The van der Waals surface area contributed by atoms with E-state index in [0.717, 1.165) is 61.8 Å². The molecule has 2 aromatic rings. The Labute approximate surface area is 190 Å². The van der Waals surface area contributed by atoms with Crippen molar-refractivity contribution in [1.29, 1.82) is 0 Å². The van der Waals surface area contributed by atoms with Crippen molar-refractivity contribution in [3.63, 3.8) is 0 Å². The number of hydrogen-bond donors (Lipinski definition) is 2. The van der Waals surface area contributed by atoms with Gasteiger partial charge < -0.3 is 24.3 Å². The number of aromatic amines is 1. The highest BCUT2D eigenvalue weighted by Gasteiger charge is 2.56. The first kappa shape index (κ1) is 22.9. The van der Waals surface area contributed by atoms with E-state index in [4.69, 9.17) is 14.2 Å². The zero-order valence-electron chi connectivity index (χ0n) is 19.7. The number of nitrogens with zero attached hydrogens (tertiary/aromatic N) is 1. The highest BCUT2D eigenvalue weighted by molar-refractivity contribution is 5.93. The second-order valence-corrected chi connectivity index (χ2v) is 9.13. The van der Waals surface area contributed by atoms with Crippen LogP contribution in [0.5, 0.6) is 11.5 Å². The van der Waals surface area contributed by atoms with Crippen LogP contribution < -0.4 is 9.47 Å². The fraction of sp³-hybridized carbons (Fsp3) is 0.640. The van der Waals surface area contributed by atoms with Gasteiger partial charge in [-0.1, -0.05) is 6.42 Å². The van der Waals surface area contributed by atoms with Gasteiger partial charge in [-0.25, -0.2) is 0 Å². The van der Waals surface area contributed by atoms with Crippen molar-refractivity contribution >= 4 is 16.9 Å². The lowest BCUT2D eigenvalue weighted by atomic mass is 9.67. The zero-order valence-corrected chi connectivity index (χ0v) is 19.7. The van der Waals surface area contributed by atoms with E-state index in [1.165, 1.54) is 5.56 Å². The summed E-state index contributed by atoms with van der Waals surface area (Å²) in [5.41, 5.74) is 2.38. The number of rotatable bonds is 8. The molecule has 1 fully saturated rings. The highest BCUT2D eigenvalue weighted by atomic mass is 16.5. The summed E-state index contributed by atoms with van der Waals surface area (Å²) in [4.78, 5) is 19.8. The maximum absolute atomic E-state index is 13.7. The number of ether oxygens (including phenoxy) is 3. The first-order valence-electron chi connectivity index (χ1n) is 11.8. The van der Waals surface area contributed by atoms with Crippen LogP contribution in [0, 0.1) is 5.92 Å². The van der Waals surface area contributed by atoms with Gasteiger partial charge in [0.15, 0.2) is 11.5 Å². The zero-order chi connectivity index (χ0) is 22.9. The number of carbonyl (C=O) groups is 1. The van der Waals surface area contributed by atoms with Crippen LogP contribution in [0.1, 0.15) is 50.8 Å². The van der Waals surface area contributed by atoms with Gasteiger partial charge in [-0.15, -0.1) is 0 Å². The summed E-state index contributed by atoms with van der Waals surface area (Å²) in [6, 6.07) is 4.02. The van der Waals surface area contributed by atoms with Crippen molar-refractivity contribution in [3.8, 4) is 11.5 Å². The van der Waals surface area contributed by atoms with Crippen LogP contribution in [0.15, 0.2) is 12.1 Å². The third kappa shape index (κ3) is 3.65. The Morgan fingerprint density at radius 2 is 2.00 bits per heavy atom. The number of esters is 1. The number of piperidine rings is 1. The van der Waals surface area contributed by atoms with E-state index in [2.05, 4.69) is 16.8 Å². The van der Waals surface area contributed by atoms with E-state index >= 15 is 0 Å². The molecule has 32 heavy (non-hydrogen) atoms. The average Bonchev–Trinajstić information content (AvgIpc) is 3.13. The van der Waals surface area contributed by atoms with Crippen molar-refractivity contribution in [2.75, 3.05) is 40.5 Å². The summed E-state index contributed by atoms with van der Waals surface area (Å²) in [6.45, 7) is 6.49. The maximum atomic E-state index is 13.7. The molecule has 4 rings (SSSR count). The number of carbonyl (C=O) groups excluding carboxylic acids is 1. The monoisotopic (exact) mass is 444 g/mol. The smallest absolute Gasteiger partial charge is 0.319 e. The van der Waals surface area contributed by atoms with Gasteiger partial charge in [0.1, 0.15) is 5.41 Å². The Bertz CT molecular complexity index is 971. The van der Waals surface area contributed by atoms with Crippen molar-refractivity contribution in [1.82, 2.24) is 9.88 Å². The summed E-state index contributed by atoms with van der Waals surface area (Å²) in [5, 5.41) is 10.3. The van der Waals surface area contributed by atoms with Crippen LogP contribution in [0.4, 0.5) is 0 Å². The molecule has 4 atom stereocenters. The van der Waals surface area contributed by atoms with Crippen LogP contribution in [0.3, 0.4) is 0 Å². The van der Waals surface area contributed by atoms with Crippen LogP contribution in [-0.2, 0) is 21.4 Å². The fourth-order valence-corrected chi connectivity index (χ4v) is 5.91. The summed E-state index contributed by atoms with van der Waals surface area (Å²) < 4.78 is 16.8.